The molecule has 54 heavy (non-hydrogen) atoms. The molecule has 5 aliphatic rings. The number of nitrogens with zero attached hydrogens (tertiary/aromatic N) is 6. The predicted octanol–water partition coefficient (Wildman–Crippen LogP) is 8.01. The summed E-state index contributed by atoms with van der Waals surface area (Å²) in [6.07, 6.45) is 0.971. The highest BCUT2D eigenvalue weighted by molar-refractivity contribution is 5.28. The minimum Gasteiger partial charge on any atom is -0.262 e. The van der Waals surface area contributed by atoms with Crippen molar-refractivity contribution < 1.29 is 0 Å². The lowest BCUT2D eigenvalue weighted by Gasteiger charge is -2.56. The van der Waals surface area contributed by atoms with Crippen molar-refractivity contribution in [3.8, 4) is 0 Å². The third-order valence-electron chi connectivity index (χ3n) is 12.1. The van der Waals surface area contributed by atoms with E-state index in [9.17, 15) is 0 Å². The van der Waals surface area contributed by atoms with E-state index in [1.165, 1.54) is 33.4 Å². The Morgan fingerprint density at radius 3 is 0.463 bits per heavy atom. The van der Waals surface area contributed by atoms with E-state index in [1.807, 2.05) is 0 Å². The Hall–Kier alpha value is -4.92. The molecule has 270 valence electrons. The fourth-order valence-electron chi connectivity index (χ4n) is 10.0. The van der Waals surface area contributed by atoms with Gasteiger partial charge in [-0.25, -0.2) is 0 Å². The van der Waals surface area contributed by atoms with Crippen molar-refractivity contribution in [2.75, 3.05) is 0 Å². The highest BCUT2D eigenvalue weighted by Gasteiger charge is 2.71. The molecule has 0 spiro atoms. The molecule has 0 unspecified atom stereocenters. The lowest BCUT2D eigenvalue weighted by Crippen LogP contribution is -2.73. The van der Waals surface area contributed by atoms with Crippen LogP contribution in [0.5, 0.6) is 0 Å². The van der Waals surface area contributed by atoms with E-state index < -0.39 is 0 Å². The van der Waals surface area contributed by atoms with Crippen molar-refractivity contribution >= 4 is 0 Å². The Balaban J connectivity index is 1.21. The summed E-state index contributed by atoms with van der Waals surface area (Å²) >= 11 is 0. The third-order valence-corrected chi connectivity index (χ3v) is 12.1. The second kappa shape index (κ2) is 14.7. The van der Waals surface area contributed by atoms with Crippen LogP contribution in [0, 0.1) is 0 Å². The van der Waals surface area contributed by atoms with Crippen LogP contribution in [0.1, 0.15) is 33.4 Å². The maximum Gasteiger partial charge on any atom is 0.0955 e. The minimum atomic E-state index is 0.141. The molecular weight excluding hydrogens is 661 g/mol. The van der Waals surface area contributed by atoms with Crippen LogP contribution in [0.2, 0.25) is 0 Å². The summed E-state index contributed by atoms with van der Waals surface area (Å²) in [4.78, 5) is 17.4. The number of benzene rings is 6. The number of piperazine rings is 1. The molecule has 6 aromatic carbocycles. The Bertz CT molecular complexity index is 1840. The van der Waals surface area contributed by atoms with E-state index in [4.69, 9.17) is 0 Å². The van der Waals surface area contributed by atoms with Gasteiger partial charge < -0.3 is 0 Å². The van der Waals surface area contributed by atoms with Gasteiger partial charge in [-0.2, -0.15) is 0 Å². The zero-order chi connectivity index (χ0) is 35.8. The highest BCUT2D eigenvalue weighted by Crippen LogP contribution is 2.54. The lowest BCUT2D eigenvalue weighted by molar-refractivity contribution is -0.166. The van der Waals surface area contributed by atoms with Crippen LogP contribution in [0.15, 0.2) is 182 Å². The molecule has 5 fully saturated rings. The molecule has 5 aliphatic heterocycles. The summed E-state index contributed by atoms with van der Waals surface area (Å²) in [6.45, 7) is 5.31. The smallest absolute Gasteiger partial charge is 0.0955 e. The third kappa shape index (κ3) is 6.19. The Morgan fingerprint density at radius 2 is 0.333 bits per heavy atom. The highest BCUT2D eigenvalue weighted by atomic mass is 15.8. The molecule has 5 heterocycles. The SMILES string of the molecule is c1ccc(CN2C3C4N(Cc5ccccc5)C5[C@H](N4Cc4ccccc4)N(Cc4ccccc4)[C@@H](C2N5Cc2ccccc2)N3Cc2ccccc2)cc1. The maximum atomic E-state index is 2.90. The lowest BCUT2D eigenvalue weighted by atomic mass is 10.0. The van der Waals surface area contributed by atoms with Crippen molar-refractivity contribution in [2.24, 2.45) is 0 Å². The molecule has 6 heteroatoms. The van der Waals surface area contributed by atoms with Gasteiger partial charge in [-0.05, 0) is 33.4 Å². The molecule has 6 aromatic rings. The topological polar surface area (TPSA) is 19.4 Å². The largest absolute Gasteiger partial charge is 0.262 e. The van der Waals surface area contributed by atoms with Crippen LogP contribution in [-0.4, -0.2) is 66.4 Å². The van der Waals surface area contributed by atoms with E-state index in [0.717, 1.165) is 39.3 Å². The van der Waals surface area contributed by atoms with Crippen LogP contribution in [0.25, 0.3) is 0 Å². The van der Waals surface area contributed by atoms with E-state index in [1.54, 1.807) is 0 Å². The molecule has 0 aliphatic carbocycles. The first-order chi connectivity index (χ1) is 26.8. The van der Waals surface area contributed by atoms with E-state index in [0.29, 0.717) is 0 Å². The van der Waals surface area contributed by atoms with Gasteiger partial charge in [0.1, 0.15) is 0 Å². The molecule has 5 saturated heterocycles. The first-order valence-corrected chi connectivity index (χ1v) is 19.6. The average Bonchev–Trinajstić information content (AvgIpc) is 3.64. The molecule has 11 rings (SSSR count). The quantitative estimate of drug-likeness (QED) is 0.128. The zero-order valence-corrected chi connectivity index (χ0v) is 30.7. The van der Waals surface area contributed by atoms with Crippen LogP contribution in [0.3, 0.4) is 0 Å². The van der Waals surface area contributed by atoms with E-state index >= 15 is 0 Å². The van der Waals surface area contributed by atoms with Gasteiger partial charge in [-0.15, -0.1) is 0 Å². The molecule has 0 aromatic heterocycles. The fourth-order valence-corrected chi connectivity index (χ4v) is 10.0. The predicted molar refractivity (Wildman–Crippen MR) is 215 cm³/mol. The summed E-state index contributed by atoms with van der Waals surface area (Å²) in [7, 11) is 0. The maximum absolute atomic E-state index is 2.90. The minimum absolute atomic E-state index is 0.141. The number of hydrogen-bond acceptors (Lipinski definition) is 6. The molecule has 6 nitrogen and oxygen atoms in total. The second-order valence-electron chi connectivity index (χ2n) is 15.4. The fraction of sp³-hybridized carbons (Fsp3) is 0.250. The molecule has 0 N–H and O–H groups in total. The van der Waals surface area contributed by atoms with Gasteiger partial charge in [0, 0.05) is 39.3 Å². The van der Waals surface area contributed by atoms with Crippen LogP contribution in [0.4, 0.5) is 0 Å². The molecule has 0 atom stereocenters. The van der Waals surface area contributed by atoms with Gasteiger partial charge in [-0.3, -0.25) is 29.4 Å². The zero-order valence-electron chi connectivity index (χ0n) is 30.7. The summed E-state index contributed by atoms with van der Waals surface area (Å²) < 4.78 is 0. The first-order valence-electron chi connectivity index (χ1n) is 19.6. The van der Waals surface area contributed by atoms with Crippen LogP contribution in [-0.2, 0) is 39.3 Å². The first kappa shape index (κ1) is 33.6. The van der Waals surface area contributed by atoms with Crippen molar-refractivity contribution in [3.05, 3.63) is 215 Å². The summed E-state index contributed by atoms with van der Waals surface area (Å²) in [5, 5.41) is 0. The molecule has 0 radical (unpaired) electrons. The Labute approximate surface area is 320 Å². The summed E-state index contributed by atoms with van der Waals surface area (Å²) in [6, 6.07) is 67.2. The summed E-state index contributed by atoms with van der Waals surface area (Å²) in [5.74, 6) is 0. The van der Waals surface area contributed by atoms with Crippen molar-refractivity contribution in [1.29, 1.82) is 0 Å². The number of rotatable bonds is 12. The Morgan fingerprint density at radius 1 is 0.204 bits per heavy atom. The van der Waals surface area contributed by atoms with Gasteiger partial charge in [-0.1, -0.05) is 182 Å². The Kier molecular flexibility index (Phi) is 9.17. The molecule has 6 bridgehead atoms. The monoisotopic (exact) mass is 708 g/mol. The van der Waals surface area contributed by atoms with Crippen LogP contribution < -0.4 is 0 Å². The standard InChI is InChI=1S/C48H48N6/c1-7-19-37(20-8-1)31-49-43-44-50(32-38-21-9-2-10-22-38)47(49)48-51(33-39-23-11-3-12-24-39)45(53(43)35-41-27-15-5-16-28-41)46(52(48)34-40-25-13-4-14-26-40)54(44)36-42-29-17-6-18-30-42/h1-30,43-48H,31-36H2/t43-,44?,45+,46?,47?,48?. The van der Waals surface area contributed by atoms with Crippen molar-refractivity contribution in [2.45, 2.75) is 76.3 Å². The van der Waals surface area contributed by atoms with Gasteiger partial charge in [0.15, 0.2) is 0 Å². The van der Waals surface area contributed by atoms with Crippen LogP contribution >= 0.6 is 0 Å². The van der Waals surface area contributed by atoms with Gasteiger partial charge in [0.25, 0.3) is 0 Å². The summed E-state index contributed by atoms with van der Waals surface area (Å²) in [5.41, 5.74) is 8.18. The molecule has 0 amide bonds. The van der Waals surface area contributed by atoms with E-state index in [-0.39, 0.29) is 37.0 Å². The van der Waals surface area contributed by atoms with Gasteiger partial charge in [0.05, 0.1) is 37.0 Å². The number of hydrogen-bond donors (Lipinski definition) is 0. The second-order valence-corrected chi connectivity index (χ2v) is 15.4. The van der Waals surface area contributed by atoms with E-state index in [2.05, 4.69) is 211 Å². The van der Waals surface area contributed by atoms with Crippen molar-refractivity contribution in [3.63, 3.8) is 0 Å². The molecule has 0 saturated carbocycles. The normalized spacial score (nSPS) is 25.8. The van der Waals surface area contributed by atoms with Gasteiger partial charge in [0.2, 0.25) is 0 Å². The molecular formula is C48H48N6. The van der Waals surface area contributed by atoms with Crippen molar-refractivity contribution in [1.82, 2.24) is 29.4 Å². The van der Waals surface area contributed by atoms with Gasteiger partial charge >= 0.3 is 0 Å². The average molecular weight is 709 g/mol.